The Labute approximate surface area is 147 Å². The third kappa shape index (κ3) is 13.2. The molecule has 0 aromatic heterocycles. The molecule has 0 fully saturated rings. The summed E-state index contributed by atoms with van der Waals surface area (Å²) in [6, 6.07) is -0.627. The maximum absolute atomic E-state index is 12.1. The quantitative estimate of drug-likeness (QED) is 0.362. The van der Waals surface area contributed by atoms with Crippen molar-refractivity contribution in [2.24, 2.45) is 5.92 Å². The predicted octanol–water partition coefficient (Wildman–Crippen LogP) is 4.83. The Balaban J connectivity index is 3.90. The molecule has 0 radical (unpaired) electrons. The lowest BCUT2D eigenvalue weighted by molar-refractivity contribution is -0.146. The Morgan fingerprint density at radius 3 is 2.00 bits per heavy atom. The first kappa shape index (κ1) is 22.7. The second-order valence-corrected chi connectivity index (χ2v) is 6.69. The summed E-state index contributed by atoms with van der Waals surface area (Å²) in [4.78, 5) is 23.7. The molecule has 0 saturated heterocycles. The Kier molecular flexibility index (Phi) is 14.5. The summed E-state index contributed by atoms with van der Waals surface area (Å²) in [7, 11) is 0. The van der Waals surface area contributed by atoms with E-state index < -0.39 is 12.1 Å². The third-order valence-corrected chi connectivity index (χ3v) is 3.80. The predicted molar refractivity (Wildman–Crippen MR) is 97.0 cm³/mol. The minimum absolute atomic E-state index is 0.285. The number of alkyl carbamates (subject to hydrolysis) is 1. The molecule has 0 heterocycles. The number of carbonyl (C=O) groups excluding carboxylic acids is 2. The van der Waals surface area contributed by atoms with Crippen molar-refractivity contribution in [2.75, 3.05) is 13.2 Å². The summed E-state index contributed by atoms with van der Waals surface area (Å²) in [5.74, 6) is -0.0766. The van der Waals surface area contributed by atoms with E-state index in [1.807, 2.05) is 13.8 Å². The van der Waals surface area contributed by atoms with Crippen LogP contribution in [0.3, 0.4) is 0 Å². The van der Waals surface area contributed by atoms with Crippen LogP contribution in [0.5, 0.6) is 0 Å². The van der Waals surface area contributed by atoms with Crippen LogP contribution < -0.4 is 5.32 Å². The second kappa shape index (κ2) is 15.3. The van der Waals surface area contributed by atoms with Crippen LogP contribution in [0.2, 0.25) is 0 Å². The van der Waals surface area contributed by atoms with Crippen molar-refractivity contribution in [1.29, 1.82) is 0 Å². The summed E-state index contributed by atoms with van der Waals surface area (Å²) in [5.41, 5.74) is 0. The van der Waals surface area contributed by atoms with Gasteiger partial charge in [0.05, 0.1) is 13.2 Å². The molecule has 5 heteroatoms. The number of hydrogen-bond donors (Lipinski definition) is 1. The van der Waals surface area contributed by atoms with Crippen molar-refractivity contribution in [3.8, 4) is 0 Å². The summed E-state index contributed by atoms with van der Waals surface area (Å²) in [6.45, 7) is 8.67. The van der Waals surface area contributed by atoms with Gasteiger partial charge in [-0.1, -0.05) is 65.7 Å². The largest absolute Gasteiger partial charge is 0.464 e. The Hall–Kier alpha value is -1.26. The van der Waals surface area contributed by atoms with E-state index in [-0.39, 0.29) is 18.5 Å². The molecule has 0 aliphatic rings. The molecule has 0 rings (SSSR count). The zero-order valence-electron chi connectivity index (χ0n) is 16.1. The van der Waals surface area contributed by atoms with Crippen LogP contribution >= 0.6 is 0 Å². The van der Waals surface area contributed by atoms with E-state index in [2.05, 4.69) is 12.2 Å². The molecule has 0 aromatic rings. The van der Waals surface area contributed by atoms with Crippen molar-refractivity contribution in [1.82, 2.24) is 5.32 Å². The van der Waals surface area contributed by atoms with E-state index in [9.17, 15) is 9.59 Å². The van der Waals surface area contributed by atoms with E-state index in [1.54, 1.807) is 6.92 Å². The molecule has 142 valence electrons. The fourth-order valence-electron chi connectivity index (χ4n) is 2.51. The van der Waals surface area contributed by atoms with Crippen LogP contribution in [0.1, 0.15) is 85.5 Å². The lowest BCUT2D eigenvalue weighted by atomic mass is 10.0. The van der Waals surface area contributed by atoms with E-state index in [4.69, 9.17) is 9.47 Å². The van der Waals surface area contributed by atoms with Gasteiger partial charge in [-0.2, -0.15) is 0 Å². The van der Waals surface area contributed by atoms with Gasteiger partial charge in [-0.15, -0.1) is 0 Å². The van der Waals surface area contributed by atoms with Gasteiger partial charge in [0.25, 0.3) is 0 Å². The first-order valence-corrected chi connectivity index (χ1v) is 9.61. The van der Waals surface area contributed by atoms with Gasteiger partial charge >= 0.3 is 12.1 Å². The molecule has 0 aliphatic heterocycles. The standard InChI is InChI=1S/C19H37NO4/c1-5-7-8-9-10-11-12-13-14-24-18(21)17(15-16(3)4)20-19(22)23-6-2/h16-17H,5-15H2,1-4H3,(H,20,22)/t17-/m0/s1. The van der Waals surface area contributed by atoms with Crippen LogP contribution in [0.15, 0.2) is 0 Å². The van der Waals surface area contributed by atoms with Crippen LogP contribution in [-0.2, 0) is 14.3 Å². The first-order valence-electron chi connectivity index (χ1n) is 9.61. The van der Waals surface area contributed by atoms with Gasteiger partial charge in [0.1, 0.15) is 6.04 Å². The molecule has 0 aromatic carbocycles. The number of carbonyl (C=O) groups is 2. The molecule has 24 heavy (non-hydrogen) atoms. The number of ether oxygens (including phenoxy) is 2. The molecule has 0 saturated carbocycles. The maximum Gasteiger partial charge on any atom is 0.407 e. The maximum atomic E-state index is 12.1. The van der Waals surface area contributed by atoms with Crippen molar-refractivity contribution in [2.45, 2.75) is 91.5 Å². The third-order valence-electron chi connectivity index (χ3n) is 3.80. The van der Waals surface area contributed by atoms with Crippen LogP contribution in [0, 0.1) is 5.92 Å². The smallest absolute Gasteiger partial charge is 0.407 e. The van der Waals surface area contributed by atoms with Gasteiger partial charge < -0.3 is 14.8 Å². The van der Waals surface area contributed by atoms with Gasteiger partial charge in [-0.05, 0) is 25.7 Å². The number of nitrogens with one attached hydrogen (secondary N) is 1. The zero-order valence-corrected chi connectivity index (χ0v) is 16.1. The minimum atomic E-state index is -0.627. The van der Waals surface area contributed by atoms with Gasteiger partial charge in [-0.3, -0.25) is 0 Å². The number of amides is 1. The monoisotopic (exact) mass is 343 g/mol. The Morgan fingerprint density at radius 1 is 0.875 bits per heavy atom. The Bertz CT molecular complexity index is 331. The summed E-state index contributed by atoms with van der Waals surface area (Å²) >= 11 is 0. The van der Waals surface area contributed by atoms with Gasteiger partial charge in [0.15, 0.2) is 0 Å². The molecule has 5 nitrogen and oxygen atoms in total. The van der Waals surface area contributed by atoms with Crippen LogP contribution in [-0.4, -0.2) is 31.3 Å². The molecule has 0 bridgehead atoms. The molecule has 1 atom stereocenters. The average Bonchev–Trinajstić information content (AvgIpc) is 2.52. The number of esters is 1. The van der Waals surface area contributed by atoms with Crippen molar-refractivity contribution in [3.63, 3.8) is 0 Å². The van der Waals surface area contributed by atoms with E-state index in [0.29, 0.717) is 13.0 Å². The summed E-state index contributed by atoms with van der Waals surface area (Å²) < 4.78 is 10.2. The van der Waals surface area contributed by atoms with E-state index >= 15 is 0 Å². The zero-order chi connectivity index (χ0) is 18.2. The first-order chi connectivity index (χ1) is 11.5. The van der Waals surface area contributed by atoms with Crippen molar-refractivity contribution < 1.29 is 19.1 Å². The summed E-state index contributed by atoms with van der Waals surface area (Å²) in [5, 5.41) is 2.59. The Morgan fingerprint density at radius 2 is 1.46 bits per heavy atom. The van der Waals surface area contributed by atoms with Gasteiger partial charge in [-0.25, -0.2) is 9.59 Å². The lowest BCUT2D eigenvalue weighted by Crippen LogP contribution is -2.43. The number of unbranched alkanes of at least 4 members (excludes halogenated alkanes) is 7. The fraction of sp³-hybridized carbons (Fsp3) is 0.895. The number of hydrogen-bond acceptors (Lipinski definition) is 4. The van der Waals surface area contributed by atoms with E-state index in [1.165, 1.54) is 38.5 Å². The molecular formula is C19H37NO4. The van der Waals surface area contributed by atoms with Gasteiger partial charge in [0, 0.05) is 0 Å². The molecule has 0 spiro atoms. The topological polar surface area (TPSA) is 64.6 Å². The summed E-state index contributed by atoms with van der Waals surface area (Å²) in [6.07, 6.45) is 9.62. The van der Waals surface area contributed by atoms with Crippen LogP contribution in [0.4, 0.5) is 4.79 Å². The highest BCUT2D eigenvalue weighted by molar-refractivity contribution is 5.81. The highest BCUT2D eigenvalue weighted by Gasteiger charge is 2.23. The second-order valence-electron chi connectivity index (χ2n) is 6.69. The average molecular weight is 344 g/mol. The molecular weight excluding hydrogens is 306 g/mol. The SMILES string of the molecule is CCCCCCCCCCOC(=O)[C@H](CC(C)C)NC(=O)OCC. The molecule has 0 unspecified atom stereocenters. The molecule has 1 amide bonds. The molecule has 0 aliphatic carbocycles. The van der Waals surface area contributed by atoms with E-state index in [0.717, 1.165) is 12.8 Å². The van der Waals surface area contributed by atoms with Crippen molar-refractivity contribution in [3.05, 3.63) is 0 Å². The fourth-order valence-corrected chi connectivity index (χ4v) is 2.51. The van der Waals surface area contributed by atoms with Crippen molar-refractivity contribution >= 4 is 12.1 Å². The molecule has 1 N–H and O–H groups in total. The minimum Gasteiger partial charge on any atom is -0.464 e. The normalized spacial score (nSPS) is 12.0. The highest BCUT2D eigenvalue weighted by Crippen LogP contribution is 2.10. The van der Waals surface area contributed by atoms with Crippen LogP contribution in [0.25, 0.3) is 0 Å². The lowest BCUT2D eigenvalue weighted by Gasteiger charge is -2.19. The number of rotatable bonds is 14. The highest BCUT2D eigenvalue weighted by atomic mass is 16.6. The van der Waals surface area contributed by atoms with Gasteiger partial charge in [0.2, 0.25) is 0 Å².